The molecular weight excluding hydrogens is 300 g/mol. The molecule has 0 bridgehead atoms. The number of nitrogens with zero attached hydrogens (tertiary/aromatic N) is 2. The van der Waals surface area contributed by atoms with Crippen LogP contribution in [0.15, 0.2) is 48.8 Å². The van der Waals surface area contributed by atoms with Crippen molar-refractivity contribution in [2.45, 2.75) is 12.8 Å². The summed E-state index contributed by atoms with van der Waals surface area (Å²) in [5.41, 5.74) is 2.11. The minimum atomic E-state index is 0.0611. The standard InChI is InChI=1S/C19H18N4O/c1-20-18-16-11-21-17(23-19(24)13-7-8-13)9-14(16)15(10-22-18)12-5-3-2-4-6-12/h2-6,9-11,13H,7-8H2,1H3,(H,20,22)(H,21,23,24). The van der Waals surface area contributed by atoms with Crippen LogP contribution < -0.4 is 10.6 Å². The summed E-state index contributed by atoms with van der Waals surface area (Å²) >= 11 is 0. The van der Waals surface area contributed by atoms with Crippen LogP contribution in [0.1, 0.15) is 12.8 Å². The second-order valence-corrected chi connectivity index (χ2v) is 6.02. The molecule has 24 heavy (non-hydrogen) atoms. The molecule has 0 atom stereocenters. The predicted octanol–water partition coefficient (Wildman–Crippen LogP) is 3.69. The van der Waals surface area contributed by atoms with Crippen molar-refractivity contribution in [3.05, 3.63) is 48.8 Å². The van der Waals surface area contributed by atoms with Gasteiger partial charge in [-0.15, -0.1) is 0 Å². The zero-order chi connectivity index (χ0) is 16.5. The molecular formula is C19H18N4O. The third kappa shape index (κ3) is 2.69. The smallest absolute Gasteiger partial charge is 0.228 e. The minimum absolute atomic E-state index is 0.0611. The Morgan fingerprint density at radius 2 is 1.88 bits per heavy atom. The Kier molecular flexibility index (Phi) is 3.61. The number of carbonyl (C=O) groups is 1. The first kappa shape index (κ1) is 14.6. The molecule has 2 aromatic heterocycles. The molecule has 120 valence electrons. The summed E-state index contributed by atoms with van der Waals surface area (Å²) < 4.78 is 0. The highest BCUT2D eigenvalue weighted by Gasteiger charge is 2.29. The molecule has 4 rings (SSSR count). The van der Waals surface area contributed by atoms with Crippen molar-refractivity contribution in [3.63, 3.8) is 0 Å². The van der Waals surface area contributed by atoms with Gasteiger partial charge in [0.05, 0.1) is 0 Å². The molecule has 0 radical (unpaired) electrons. The fraction of sp³-hybridized carbons (Fsp3) is 0.211. The molecule has 1 aliphatic carbocycles. The Bertz CT molecular complexity index is 904. The second-order valence-electron chi connectivity index (χ2n) is 6.02. The Labute approximate surface area is 140 Å². The number of nitrogens with one attached hydrogen (secondary N) is 2. The van der Waals surface area contributed by atoms with Gasteiger partial charge in [0.25, 0.3) is 0 Å². The average molecular weight is 318 g/mol. The van der Waals surface area contributed by atoms with Crippen LogP contribution in [0.3, 0.4) is 0 Å². The third-order valence-electron chi connectivity index (χ3n) is 4.29. The van der Waals surface area contributed by atoms with E-state index in [0.29, 0.717) is 5.82 Å². The summed E-state index contributed by atoms with van der Waals surface area (Å²) in [6.07, 6.45) is 5.57. The first-order valence-electron chi connectivity index (χ1n) is 8.09. The molecule has 1 fully saturated rings. The lowest BCUT2D eigenvalue weighted by Gasteiger charge is -2.12. The molecule has 1 aliphatic rings. The Balaban J connectivity index is 1.84. The summed E-state index contributed by atoms with van der Waals surface area (Å²) in [7, 11) is 1.84. The van der Waals surface area contributed by atoms with Crippen LogP contribution in [0, 0.1) is 5.92 Å². The van der Waals surface area contributed by atoms with Crippen molar-refractivity contribution in [3.8, 4) is 11.1 Å². The maximum absolute atomic E-state index is 12.0. The Morgan fingerprint density at radius 1 is 1.08 bits per heavy atom. The van der Waals surface area contributed by atoms with Crippen molar-refractivity contribution < 1.29 is 4.79 Å². The van der Waals surface area contributed by atoms with Crippen LogP contribution in [-0.2, 0) is 4.79 Å². The Hall–Kier alpha value is -2.95. The topological polar surface area (TPSA) is 66.9 Å². The van der Waals surface area contributed by atoms with Crippen LogP contribution in [-0.4, -0.2) is 22.9 Å². The first-order chi connectivity index (χ1) is 11.8. The molecule has 2 heterocycles. The molecule has 1 aromatic carbocycles. The molecule has 0 saturated heterocycles. The van der Waals surface area contributed by atoms with Gasteiger partial charge in [-0.2, -0.15) is 0 Å². The Morgan fingerprint density at radius 3 is 2.58 bits per heavy atom. The summed E-state index contributed by atoms with van der Waals surface area (Å²) in [4.78, 5) is 20.9. The summed E-state index contributed by atoms with van der Waals surface area (Å²) in [5.74, 6) is 1.58. The zero-order valence-electron chi connectivity index (χ0n) is 13.4. The molecule has 1 saturated carbocycles. The van der Waals surface area contributed by atoms with Gasteiger partial charge in [0.2, 0.25) is 5.91 Å². The zero-order valence-corrected chi connectivity index (χ0v) is 13.4. The van der Waals surface area contributed by atoms with Gasteiger partial charge in [0, 0.05) is 36.3 Å². The molecule has 0 unspecified atom stereocenters. The fourth-order valence-electron chi connectivity index (χ4n) is 2.82. The van der Waals surface area contributed by atoms with Crippen molar-refractivity contribution in [2.75, 3.05) is 17.7 Å². The van der Waals surface area contributed by atoms with Crippen LogP contribution in [0.25, 0.3) is 21.9 Å². The number of pyridine rings is 2. The molecule has 1 amide bonds. The van der Waals surface area contributed by atoms with Crippen molar-refractivity contribution >= 4 is 28.3 Å². The molecule has 3 aromatic rings. The van der Waals surface area contributed by atoms with Crippen LogP contribution in [0.2, 0.25) is 0 Å². The monoisotopic (exact) mass is 318 g/mol. The lowest BCUT2D eigenvalue weighted by molar-refractivity contribution is -0.117. The van der Waals surface area contributed by atoms with Gasteiger partial charge in [-0.05, 0) is 29.9 Å². The highest BCUT2D eigenvalue weighted by atomic mass is 16.2. The van der Waals surface area contributed by atoms with Crippen molar-refractivity contribution in [1.82, 2.24) is 9.97 Å². The average Bonchev–Trinajstić information content (AvgIpc) is 3.46. The van der Waals surface area contributed by atoms with Crippen molar-refractivity contribution in [1.29, 1.82) is 0 Å². The van der Waals surface area contributed by atoms with E-state index in [2.05, 4.69) is 32.7 Å². The van der Waals surface area contributed by atoms with E-state index in [0.717, 1.165) is 40.6 Å². The van der Waals surface area contributed by atoms with Crippen LogP contribution >= 0.6 is 0 Å². The molecule has 0 aliphatic heterocycles. The number of anilines is 2. The van der Waals surface area contributed by atoms with Gasteiger partial charge in [0.15, 0.2) is 0 Å². The van der Waals surface area contributed by atoms with Gasteiger partial charge in [-0.25, -0.2) is 9.97 Å². The number of hydrogen-bond donors (Lipinski definition) is 2. The van der Waals surface area contributed by atoms with Crippen LogP contribution in [0.4, 0.5) is 11.6 Å². The quantitative estimate of drug-likeness (QED) is 0.770. The van der Waals surface area contributed by atoms with Gasteiger partial charge in [-0.1, -0.05) is 30.3 Å². The SMILES string of the molecule is CNc1ncc(-c2ccccc2)c2cc(NC(=O)C3CC3)ncc12. The maximum atomic E-state index is 12.0. The fourth-order valence-corrected chi connectivity index (χ4v) is 2.82. The highest BCUT2D eigenvalue weighted by molar-refractivity contribution is 6.03. The maximum Gasteiger partial charge on any atom is 0.228 e. The van der Waals surface area contributed by atoms with E-state index < -0.39 is 0 Å². The minimum Gasteiger partial charge on any atom is -0.373 e. The highest BCUT2D eigenvalue weighted by Crippen LogP contribution is 2.33. The number of carbonyl (C=O) groups excluding carboxylic acids is 1. The number of rotatable bonds is 4. The first-order valence-corrected chi connectivity index (χ1v) is 8.09. The van der Waals surface area contributed by atoms with Gasteiger partial charge >= 0.3 is 0 Å². The normalized spacial score (nSPS) is 13.7. The molecule has 5 heteroatoms. The van der Waals surface area contributed by atoms with E-state index in [1.54, 1.807) is 6.20 Å². The second kappa shape index (κ2) is 5.92. The number of benzene rings is 1. The number of aromatic nitrogens is 2. The predicted molar refractivity (Wildman–Crippen MR) is 95.9 cm³/mol. The lowest BCUT2D eigenvalue weighted by Crippen LogP contribution is -2.14. The van der Waals surface area contributed by atoms with Crippen LogP contribution in [0.5, 0.6) is 0 Å². The van der Waals surface area contributed by atoms with E-state index >= 15 is 0 Å². The van der Waals surface area contributed by atoms with E-state index in [1.165, 1.54) is 0 Å². The molecule has 2 N–H and O–H groups in total. The molecule has 0 spiro atoms. The van der Waals surface area contributed by atoms with Gasteiger partial charge < -0.3 is 10.6 Å². The van der Waals surface area contributed by atoms with Gasteiger partial charge in [0.1, 0.15) is 11.6 Å². The van der Waals surface area contributed by atoms with E-state index in [-0.39, 0.29) is 11.8 Å². The van der Waals surface area contributed by atoms with E-state index in [1.807, 2.05) is 37.5 Å². The van der Waals surface area contributed by atoms with Gasteiger partial charge in [-0.3, -0.25) is 4.79 Å². The number of fused-ring (bicyclic) bond motifs is 1. The number of amides is 1. The van der Waals surface area contributed by atoms with E-state index in [9.17, 15) is 4.79 Å². The largest absolute Gasteiger partial charge is 0.373 e. The third-order valence-corrected chi connectivity index (χ3v) is 4.29. The van der Waals surface area contributed by atoms with E-state index in [4.69, 9.17) is 0 Å². The molecule has 5 nitrogen and oxygen atoms in total. The number of hydrogen-bond acceptors (Lipinski definition) is 4. The summed E-state index contributed by atoms with van der Waals surface area (Å²) in [6, 6.07) is 12.0. The summed E-state index contributed by atoms with van der Waals surface area (Å²) in [6.45, 7) is 0. The lowest BCUT2D eigenvalue weighted by atomic mass is 10.0. The van der Waals surface area contributed by atoms with Crippen molar-refractivity contribution in [2.24, 2.45) is 5.92 Å². The summed E-state index contributed by atoms with van der Waals surface area (Å²) in [5, 5.41) is 7.97.